The van der Waals surface area contributed by atoms with Crippen molar-refractivity contribution in [3.63, 3.8) is 0 Å². The number of aliphatic hydroxyl groups excluding tert-OH is 2. The van der Waals surface area contributed by atoms with Crippen LogP contribution in [-0.2, 0) is 0 Å². The highest BCUT2D eigenvalue weighted by Crippen LogP contribution is 2.23. The molecule has 2 saturated heterocycles. The summed E-state index contributed by atoms with van der Waals surface area (Å²) in [6.45, 7) is 6.14. The lowest BCUT2D eigenvalue weighted by Gasteiger charge is -2.35. The van der Waals surface area contributed by atoms with Gasteiger partial charge < -0.3 is 25.7 Å². The molecule has 4 N–H and O–H groups in total. The number of anilines is 3. The van der Waals surface area contributed by atoms with Gasteiger partial charge in [0.25, 0.3) is 0 Å². The van der Waals surface area contributed by atoms with Crippen molar-refractivity contribution in [3.05, 3.63) is 59.4 Å². The Balaban J connectivity index is 1.21. The predicted molar refractivity (Wildman–Crippen MR) is 137 cm³/mol. The molecule has 2 atom stereocenters. The molecule has 0 aliphatic carbocycles. The van der Waals surface area contributed by atoms with Crippen molar-refractivity contribution in [1.82, 2.24) is 24.6 Å². The summed E-state index contributed by atoms with van der Waals surface area (Å²) in [6.07, 6.45) is 4.15. The van der Waals surface area contributed by atoms with E-state index in [1.165, 1.54) is 12.1 Å². The average molecular weight is 513 g/mol. The van der Waals surface area contributed by atoms with Crippen molar-refractivity contribution in [3.8, 4) is 5.82 Å². The van der Waals surface area contributed by atoms with Gasteiger partial charge in [0.05, 0.1) is 24.1 Å². The summed E-state index contributed by atoms with van der Waals surface area (Å²) >= 11 is 0. The van der Waals surface area contributed by atoms with Crippen LogP contribution >= 0.6 is 0 Å². The molecule has 37 heavy (non-hydrogen) atoms. The molecule has 2 aromatic heterocycles. The van der Waals surface area contributed by atoms with Crippen LogP contribution in [0.4, 0.5) is 26.2 Å². The number of benzene rings is 1. The number of aromatic nitrogens is 4. The first kappa shape index (κ1) is 25.1. The van der Waals surface area contributed by atoms with Gasteiger partial charge in [-0.3, -0.25) is 4.90 Å². The van der Waals surface area contributed by atoms with Crippen LogP contribution in [0, 0.1) is 18.6 Å². The zero-order chi connectivity index (χ0) is 26.1. The zero-order valence-corrected chi connectivity index (χ0v) is 20.5. The van der Waals surface area contributed by atoms with E-state index < -0.39 is 23.8 Å². The summed E-state index contributed by atoms with van der Waals surface area (Å²) in [4.78, 5) is 14.6. The van der Waals surface area contributed by atoms with Crippen molar-refractivity contribution in [2.75, 3.05) is 61.3 Å². The molecule has 1 aromatic carbocycles. The maximum absolute atomic E-state index is 13.5. The lowest BCUT2D eigenvalue weighted by molar-refractivity contribution is 0.0572. The standard InChI is InChI=1S/C25H30F2N8O2/c1-16-17(3-2-4-32-5-7-33(8-6-32)20-10-18(26)9-19(27)11-20)13-29-35(16)24-12-23(30-25(28)31-24)34-14-21(36)22(37)15-34/h2-3,9-13,21-22,36-37H,4-8,14-15H2,1H3,(H2,28,30,31)/b3-2+/t21-,22-/m0/s1. The molecule has 0 amide bonds. The van der Waals surface area contributed by atoms with Gasteiger partial charge in [0, 0.05) is 69.2 Å². The lowest BCUT2D eigenvalue weighted by Crippen LogP contribution is -2.46. The van der Waals surface area contributed by atoms with E-state index >= 15 is 0 Å². The molecule has 196 valence electrons. The molecule has 2 aliphatic heterocycles. The number of rotatable bonds is 6. The molecule has 4 heterocycles. The molecule has 2 fully saturated rings. The molecular weight excluding hydrogens is 482 g/mol. The van der Waals surface area contributed by atoms with Gasteiger partial charge in [0.15, 0.2) is 5.82 Å². The molecule has 0 radical (unpaired) electrons. The van der Waals surface area contributed by atoms with Crippen molar-refractivity contribution in [2.24, 2.45) is 0 Å². The predicted octanol–water partition coefficient (Wildman–Crippen LogP) is 1.21. The molecule has 0 bridgehead atoms. The number of β-amino-alcohol motifs (C(OH)–C–C–N with tert-alkyl or cyclic N) is 2. The zero-order valence-electron chi connectivity index (χ0n) is 20.5. The fourth-order valence-corrected chi connectivity index (χ4v) is 4.72. The van der Waals surface area contributed by atoms with Crippen molar-refractivity contribution in [1.29, 1.82) is 0 Å². The normalized spacial score (nSPS) is 20.9. The summed E-state index contributed by atoms with van der Waals surface area (Å²) in [7, 11) is 0. The maximum Gasteiger partial charge on any atom is 0.224 e. The first-order valence-electron chi connectivity index (χ1n) is 12.2. The van der Waals surface area contributed by atoms with E-state index in [9.17, 15) is 19.0 Å². The number of nitrogen functional groups attached to an aromatic ring is 1. The number of nitrogens with two attached hydrogens (primary N) is 1. The van der Waals surface area contributed by atoms with Crippen LogP contribution in [0.5, 0.6) is 0 Å². The third-order valence-electron chi connectivity index (χ3n) is 6.81. The smallest absolute Gasteiger partial charge is 0.224 e. The molecule has 5 rings (SSSR count). The summed E-state index contributed by atoms with van der Waals surface area (Å²) in [5, 5.41) is 24.2. The van der Waals surface area contributed by atoms with Crippen molar-refractivity contribution < 1.29 is 19.0 Å². The van der Waals surface area contributed by atoms with E-state index in [0.29, 0.717) is 30.4 Å². The van der Waals surface area contributed by atoms with Gasteiger partial charge >= 0.3 is 0 Å². The van der Waals surface area contributed by atoms with Crippen molar-refractivity contribution >= 4 is 23.5 Å². The van der Waals surface area contributed by atoms with Crippen LogP contribution in [0.1, 0.15) is 11.3 Å². The quantitative estimate of drug-likeness (QED) is 0.448. The van der Waals surface area contributed by atoms with Crippen LogP contribution in [0.3, 0.4) is 0 Å². The average Bonchev–Trinajstić information content (AvgIpc) is 3.40. The Labute approximate surface area is 213 Å². The molecule has 12 heteroatoms. The molecule has 3 aromatic rings. The Morgan fingerprint density at radius 1 is 0.946 bits per heavy atom. The number of hydrogen-bond donors (Lipinski definition) is 3. The van der Waals surface area contributed by atoms with E-state index in [4.69, 9.17) is 5.73 Å². The second-order valence-electron chi connectivity index (χ2n) is 9.40. The van der Waals surface area contributed by atoms with Gasteiger partial charge in [-0.1, -0.05) is 12.2 Å². The molecule has 2 aliphatic rings. The highest BCUT2D eigenvalue weighted by molar-refractivity contribution is 5.54. The minimum absolute atomic E-state index is 0.0792. The van der Waals surface area contributed by atoms with E-state index in [1.54, 1.807) is 21.8 Å². The van der Waals surface area contributed by atoms with Crippen molar-refractivity contribution in [2.45, 2.75) is 19.1 Å². The van der Waals surface area contributed by atoms with Crippen LogP contribution in [0.25, 0.3) is 11.9 Å². The van der Waals surface area contributed by atoms with Gasteiger partial charge in [-0.15, -0.1) is 0 Å². The molecule has 10 nitrogen and oxygen atoms in total. The fourth-order valence-electron chi connectivity index (χ4n) is 4.72. The van der Waals surface area contributed by atoms with Gasteiger partial charge in [-0.2, -0.15) is 15.1 Å². The summed E-state index contributed by atoms with van der Waals surface area (Å²) in [5.41, 5.74) is 8.32. The summed E-state index contributed by atoms with van der Waals surface area (Å²) in [5.74, 6) is -0.0299. The van der Waals surface area contributed by atoms with E-state index in [1.807, 2.05) is 17.9 Å². The second-order valence-corrected chi connectivity index (χ2v) is 9.40. The Hall–Kier alpha value is -3.61. The topological polar surface area (TPSA) is 120 Å². The van der Waals surface area contributed by atoms with Crippen LogP contribution in [0.15, 0.2) is 36.5 Å². The third-order valence-corrected chi connectivity index (χ3v) is 6.81. The third kappa shape index (κ3) is 5.55. The SMILES string of the molecule is Cc1c(/C=C/CN2CCN(c3cc(F)cc(F)c3)CC2)cnn1-c1cc(N2C[C@H](O)[C@@H](O)C2)nc(N)n1. The molecule has 0 saturated carbocycles. The number of hydrogen-bond acceptors (Lipinski definition) is 9. The highest BCUT2D eigenvalue weighted by atomic mass is 19.1. The molecule has 0 spiro atoms. The summed E-state index contributed by atoms with van der Waals surface area (Å²) in [6, 6.07) is 5.35. The minimum atomic E-state index is -0.838. The minimum Gasteiger partial charge on any atom is -0.389 e. The molecular formula is C25H30F2N8O2. The van der Waals surface area contributed by atoms with Crippen LogP contribution in [0.2, 0.25) is 0 Å². The first-order valence-corrected chi connectivity index (χ1v) is 12.2. The Morgan fingerprint density at radius 3 is 2.27 bits per heavy atom. The Morgan fingerprint density at radius 2 is 1.59 bits per heavy atom. The highest BCUT2D eigenvalue weighted by Gasteiger charge is 2.31. The van der Waals surface area contributed by atoms with Gasteiger partial charge in [0.2, 0.25) is 5.95 Å². The Kier molecular flexibility index (Phi) is 7.04. The fraction of sp³-hybridized carbons (Fsp3) is 0.400. The van der Waals surface area contributed by atoms with E-state index in [2.05, 4.69) is 26.0 Å². The largest absolute Gasteiger partial charge is 0.389 e. The monoisotopic (exact) mass is 512 g/mol. The van der Waals surface area contributed by atoms with E-state index in [0.717, 1.165) is 37.0 Å². The number of nitrogens with zero attached hydrogens (tertiary/aromatic N) is 7. The van der Waals surface area contributed by atoms with Gasteiger partial charge in [-0.25, -0.2) is 13.5 Å². The number of halogens is 2. The lowest BCUT2D eigenvalue weighted by atomic mass is 10.2. The number of aliphatic hydroxyl groups is 2. The molecule has 0 unspecified atom stereocenters. The first-order chi connectivity index (χ1) is 17.8. The van der Waals surface area contributed by atoms with Crippen LogP contribution in [-0.4, -0.2) is 92.9 Å². The van der Waals surface area contributed by atoms with Crippen LogP contribution < -0.4 is 15.5 Å². The van der Waals surface area contributed by atoms with Gasteiger partial charge in [-0.05, 0) is 19.1 Å². The maximum atomic E-state index is 13.5. The van der Waals surface area contributed by atoms with E-state index in [-0.39, 0.29) is 19.0 Å². The summed E-state index contributed by atoms with van der Waals surface area (Å²) < 4.78 is 28.8. The second kappa shape index (κ2) is 10.4. The number of piperazine rings is 1. The Bertz CT molecular complexity index is 1260. The van der Waals surface area contributed by atoms with Gasteiger partial charge in [0.1, 0.15) is 17.5 Å².